The van der Waals surface area contributed by atoms with E-state index in [1.165, 1.54) is 11.6 Å². The Morgan fingerprint density at radius 1 is 1.15 bits per heavy atom. The van der Waals surface area contributed by atoms with Crippen LogP contribution >= 0.6 is 0 Å². The van der Waals surface area contributed by atoms with Gasteiger partial charge in [-0.25, -0.2) is 4.79 Å². The molecule has 1 amide bonds. The van der Waals surface area contributed by atoms with Gasteiger partial charge in [-0.15, -0.1) is 0 Å². The van der Waals surface area contributed by atoms with Crippen LogP contribution in [0.3, 0.4) is 0 Å². The van der Waals surface area contributed by atoms with Crippen molar-refractivity contribution in [3.8, 4) is 0 Å². The van der Waals surface area contributed by atoms with E-state index in [9.17, 15) is 9.59 Å². The number of carbonyl (C=O) groups excluding carboxylic acids is 2. The standard InChI is InChI=1S/C16H21NO3/c1-3-5-12-20-16(19)11-10-15(18)17-14-8-6-13(4-2)7-9-14/h6-11H,3-5,12H2,1-2H3,(H,17,18)/b11-10+. The molecule has 4 nitrogen and oxygen atoms in total. The molecule has 1 rings (SSSR count). The molecule has 0 heterocycles. The number of aryl methyl sites for hydroxylation is 1. The van der Waals surface area contributed by atoms with Gasteiger partial charge >= 0.3 is 5.97 Å². The van der Waals surface area contributed by atoms with Crippen LogP contribution in [0, 0.1) is 0 Å². The Hall–Kier alpha value is -2.10. The van der Waals surface area contributed by atoms with Gasteiger partial charge < -0.3 is 10.1 Å². The summed E-state index contributed by atoms with van der Waals surface area (Å²) >= 11 is 0. The van der Waals surface area contributed by atoms with Crippen LogP contribution in [0.4, 0.5) is 5.69 Å². The van der Waals surface area contributed by atoms with E-state index in [-0.39, 0.29) is 5.91 Å². The maximum atomic E-state index is 11.6. The average molecular weight is 275 g/mol. The molecule has 4 heteroatoms. The van der Waals surface area contributed by atoms with Gasteiger partial charge in [0, 0.05) is 17.8 Å². The largest absolute Gasteiger partial charge is 0.463 e. The highest BCUT2D eigenvalue weighted by Crippen LogP contribution is 2.09. The van der Waals surface area contributed by atoms with Crippen molar-refractivity contribution < 1.29 is 14.3 Å². The second kappa shape index (κ2) is 8.91. The molecule has 0 aliphatic carbocycles. The zero-order valence-corrected chi connectivity index (χ0v) is 12.0. The second-order valence-electron chi connectivity index (χ2n) is 4.39. The van der Waals surface area contributed by atoms with Crippen molar-refractivity contribution >= 4 is 17.6 Å². The van der Waals surface area contributed by atoms with E-state index in [4.69, 9.17) is 4.74 Å². The van der Waals surface area contributed by atoms with Gasteiger partial charge in [0.1, 0.15) is 0 Å². The van der Waals surface area contributed by atoms with E-state index >= 15 is 0 Å². The molecular weight excluding hydrogens is 254 g/mol. The number of nitrogens with one attached hydrogen (secondary N) is 1. The minimum absolute atomic E-state index is 0.346. The lowest BCUT2D eigenvalue weighted by molar-refractivity contribution is -0.138. The number of esters is 1. The molecule has 0 saturated heterocycles. The number of hydrogen-bond acceptors (Lipinski definition) is 3. The SMILES string of the molecule is CCCCOC(=O)/C=C/C(=O)Nc1ccc(CC)cc1. The number of amides is 1. The third-order valence-corrected chi connectivity index (χ3v) is 2.74. The summed E-state index contributed by atoms with van der Waals surface area (Å²) in [7, 11) is 0. The van der Waals surface area contributed by atoms with Gasteiger partial charge in [-0.2, -0.15) is 0 Å². The molecular formula is C16H21NO3. The highest BCUT2D eigenvalue weighted by Gasteiger charge is 2.00. The molecule has 0 atom stereocenters. The first-order valence-corrected chi connectivity index (χ1v) is 6.90. The Morgan fingerprint density at radius 3 is 2.45 bits per heavy atom. The highest BCUT2D eigenvalue weighted by molar-refractivity contribution is 6.02. The van der Waals surface area contributed by atoms with Gasteiger partial charge in [0.25, 0.3) is 0 Å². The number of ether oxygens (including phenoxy) is 1. The number of anilines is 1. The maximum Gasteiger partial charge on any atom is 0.330 e. The van der Waals surface area contributed by atoms with E-state index in [2.05, 4.69) is 12.2 Å². The van der Waals surface area contributed by atoms with Crippen molar-refractivity contribution in [2.24, 2.45) is 0 Å². The molecule has 1 N–H and O–H groups in total. The molecule has 1 aromatic carbocycles. The molecule has 20 heavy (non-hydrogen) atoms. The summed E-state index contributed by atoms with van der Waals surface area (Å²) in [5, 5.41) is 2.68. The third kappa shape index (κ3) is 6.18. The summed E-state index contributed by atoms with van der Waals surface area (Å²) in [6.45, 7) is 4.47. The third-order valence-electron chi connectivity index (χ3n) is 2.74. The minimum Gasteiger partial charge on any atom is -0.463 e. The highest BCUT2D eigenvalue weighted by atomic mass is 16.5. The first-order chi connectivity index (χ1) is 9.65. The van der Waals surface area contributed by atoms with Crippen LogP contribution in [0.1, 0.15) is 32.3 Å². The van der Waals surface area contributed by atoms with Crippen LogP contribution in [-0.2, 0) is 20.7 Å². The number of hydrogen-bond donors (Lipinski definition) is 1. The first-order valence-electron chi connectivity index (χ1n) is 6.90. The van der Waals surface area contributed by atoms with Gasteiger partial charge in [-0.05, 0) is 30.5 Å². The van der Waals surface area contributed by atoms with Crippen molar-refractivity contribution in [1.29, 1.82) is 0 Å². The predicted octanol–water partition coefficient (Wildman–Crippen LogP) is 3.09. The van der Waals surface area contributed by atoms with E-state index in [0.29, 0.717) is 12.3 Å². The van der Waals surface area contributed by atoms with Crippen LogP contribution in [0.25, 0.3) is 0 Å². The van der Waals surface area contributed by atoms with Crippen molar-refractivity contribution in [2.75, 3.05) is 11.9 Å². The van der Waals surface area contributed by atoms with Crippen LogP contribution < -0.4 is 5.32 Å². The van der Waals surface area contributed by atoms with Gasteiger partial charge in [0.2, 0.25) is 5.91 Å². The molecule has 0 aromatic heterocycles. The quantitative estimate of drug-likeness (QED) is 0.472. The number of unbranched alkanes of at least 4 members (excludes halogenated alkanes) is 1. The van der Waals surface area contributed by atoms with E-state index < -0.39 is 5.97 Å². The van der Waals surface area contributed by atoms with Crippen LogP contribution in [0.15, 0.2) is 36.4 Å². The lowest BCUT2D eigenvalue weighted by Crippen LogP contribution is -2.09. The summed E-state index contributed by atoms with van der Waals surface area (Å²) in [6, 6.07) is 7.59. The van der Waals surface area contributed by atoms with Crippen LogP contribution in [0.5, 0.6) is 0 Å². The lowest BCUT2D eigenvalue weighted by atomic mass is 10.1. The maximum absolute atomic E-state index is 11.6. The van der Waals surface area contributed by atoms with Gasteiger partial charge in [0.15, 0.2) is 0 Å². The first kappa shape index (κ1) is 16.0. The summed E-state index contributed by atoms with van der Waals surface area (Å²) < 4.78 is 4.91. The molecule has 0 unspecified atom stereocenters. The van der Waals surface area contributed by atoms with E-state index in [1.54, 1.807) is 0 Å². The second-order valence-corrected chi connectivity index (χ2v) is 4.39. The zero-order chi connectivity index (χ0) is 14.8. The normalized spacial score (nSPS) is 10.5. The van der Waals surface area contributed by atoms with E-state index in [0.717, 1.165) is 25.3 Å². The van der Waals surface area contributed by atoms with Crippen molar-refractivity contribution in [1.82, 2.24) is 0 Å². The Balaban J connectivity index is 2.40. The van der Waals surface area contributed by atoms with Crippen molar-refractivity contribution in [3.05, 3.63) is 42.0 Å². The molecule has 0 spiro atoms. The Kier molecular flexibility index (Phi) is 7.11. The average Bonchev–Trinajstić information content (AvgIpc) is 2.46. The van der Waals surface area contributed by atoms with E-state index in [1.807, 2.05) is 31.2 Å². The van der Waals surface area contributed by atoms with Gasteiger partial charge in [-0.1, -0.05) is 32.4 Å². The van der Waals surface area contributed by atoms with Gasteiger partial charge in [-0.3, -0.25) is 4.79 Å². The molecule has 0 saturated carbocycles. The fraction of sp³-hybridized carbons (Fsp3) is 0.375. The van der Waals surface area contributed by atoms with Crippen LogP contribution in [-0.4, -0.2) is 18.5 Å². The summed E-state index contributed by atoms with van der Waals surface area (Å²) in [6.07, 6.45) is 5.08. The molecule has 1 aromatic rings. The number of benzene rings is 1. The zero-order valence-electron chi connectivity index (χ0n) is 12.0. The predicted molar refractivity (Wildman–Crippen MR) is 79.5 cm³/mol. The molecule has 0 aliphatic heterocycles. The molecule has 0 fully saturated rings. The number of carbonyl (C=O) groups is 2. The lowest BCUT2D eigenvalue weighted by Gasteiger charge is -2.03. The van der Waals surface area contributed by atoms with Crippen LogP contribution in [0.2, 0.25) is 0 Å². The molecule has 0 aliphatic rings. The minimum atomic E-state index is -0.491. The number of rotatable bonds is 7. The monoisotopic (exact) mass is 275 g/mol. The summed E-state index contributed by atoms with van der Waals surface area (Å²) in [5.41, 5.74) is 1.91. The summed E-state index contributed by atoms with van der Waals surface area (Å²) in [5.74, 6) is -0.836. The smallest absolute Gasteiger partial charge is 0.330 e. The fourth-order valence-electron chi connectivity index (χ4n) is 1.52. The Bertz CT molecular complexity index is 463. The molecule has 108 valence electrons. The molecule has 0 radical (unpaired) electrons. The fourth-order valence-corrected chi connectivity index (χ4v) is 1.52. The van der Waals surface area contributed by atoms with Crippen molar-refractivity contribution in [3.63, 3.8) is 0 Å². The Labute approximate surface area is 119 Å². The topological polar surface area (TPSA) is 55.4 Å². The Morgan fingerprint density at radius 2 is 1.85 bits per heavy atom. The molecule has 0 bridgehead atoms. The van der Waals surface area contributed by atoms with Crippen molar-refractivity contribution in [2.45, 2.75) is 33.1 Å². The summed E-state index contributed by atoms with van der Waals surface area (Å²) in [4.78, 5) is 22.9. The van der Waals surface area contributed by atoms with Gasteiger partial charge in [0.05, 0.1) is 6.61 Å².